The first-order chi connectivity index (χ1) is 34.6. The molecule has 1 spiro atoms. The summed E-state index contributed by atoms with van der Waals surface area (Å²) < 4.78 is 61.4. The fourth-order valence-electron chi connectivity index (χ4n) is 15.3. The van der Waals surface area contributed by atoms with Crippen molar-refractivity contribution in [1.29, 1.82) is 0 Å². The zero-order valence-electron chi connectivity index (χ0n) is 41.8. The lowest BCUT2D eigenvalue weighted by Crippen LogP contribution is -2.66. The molecule has 0 radical (unpaired) electrons. The van der Waals surface area contributed by atoms with Crippen LogP contribution in [-0.2, 0) is 47.4 Å². The maximum atomic E-state index is 12.0. The van der Waals surface area contributed by atoms with E-state index in [-0.39, 0.29) is 60.1 Å². The number of fused-ring (bicyclic) bond motifs is 7. The molecule has 23 heteroatoms. The van der Waals surface area contributed by atoms with Gasteiger partial charge < -0.3 is 114 Å². The molecule has 9 fully saturated rings. The van der Waals surface area contributed by atoms with Gasteiger partial charge in [-0.3, -0.25) is 0 Å². The minimum atomic E-state index is -1.78. The standard InChI is InChI=1S/C50H80O23/c1-19-32-28(73-50(19)10-7-21(17-66-50)16-64-44-39(61)38(60)35(57)29(14-51)68-44)13-26-24-6-5-22-11-23(53)12-31(49(22,4)25(24)8-9-48(26,32)3)70-46-41(63)42(36(58)30(15-52)69-46)71-47-43(34(56)27(54)18-65-47)72-45-40(62)37(59)33(55)20(2)67-45/h5,19-21,23-47,51-63H,6-18H2,1-4H3/t19-,20-,21-,23+,24+,25-,26-,27+,28-,29+,30+,31+,32-,33-,34-,35+,36+,37+,38-,39+,40+,41+,42-,43+,44+,45-,46-,47-,48-,49-,50+/m0/s1. The Bertz CT molecular complexity index is 1920. The summed E-state index contributed by atoms with van der Waals surface area (Å²) in [5.74, 6) is 0.0863. The van der Waals surface area contributed by atoms with Gasteiger partial charge in [-0.05, 0) is 74.5 Å². The molecule has 0 bridgehead atoms. The van der Waals surface area contributed by atoms with Gasteiger partial charge in [-0.1, -0.05) is 32.4 Å². The minimum Gasteiger partial charge on any atom is -0.394 e. The Morgan fingerprint density at radius 3 is 2.03 bits per heavy atom. The second kappa shape index (κ2) is 21.1. The van der Waals surface area contributed by atoms with Crippen LogP contribution in [0.5, 0.6) is 0 Å². The normalized spacial score (nSPS) is 57.1. The summed E-state index contributed by atoms with van der Waals surface area (Å²) in [7, 11) is 0. The molecule has 4 aliphatic carbocycles. The molecule has 0 amide bonds. The monoisotopic (exact) mass is 1050 g/mol. The highest BCUT2D eigenvalue weighted by molar-refractivity contribution is 5.29. The van der Waals surface area contributed by atoms with Crippen molar-refractivity contribution in [2.45, 2.75) is 220 Å². The van der Waals surface area contributed by atoms with Gasteiger partial charge in [-0.25, -0.2) is 0 Å². The van der Waals surface area contributed by atoms with Crippen molar-refractivity contribution in [2.24, 2.45) is 46.3 Å². The number of aliphatic hydroxyl groups is 13. The van der Waals surface area contributed by atoms with Gasteiger partial charge in [0.05, 0.1) is 57.5 Å². The maximum Gasteiger partial charge on any atom is 0.187 e. The Labute approximate surface area is 423 Å². The second-order valence-corrected chi connectivity index (χ2v) is 23.5. The lowest BCUT2D eigenvalue weighted by molar-refractivity contribution is -0.381. The van der Waals surface area contributed by atoms with Crippen LogP contribution in [0.2, 0.25) is 0 Å². The first kappa shape index (κ1) is 55.1. The molecule has 418 valence electrons. The molecule has 0 aromatic rings. The Balaban J connectivity index is 0.811. The Kier molecular flexibility index (Phi) is 16.0. The van der Waals surface area contributed by atoms with E-state index in [1.807, 2.05) is 0 Å². The van der Waals surface area contributed by atoms with Gasteiger partial charge in [0.15, 0.2) is 30.9 Å². The SMILES string of the molecule is C[C@@H]1O[C@@H](O[C@H]2[C@H](O[C@@H]3[C@@H](O)[C@H](O[C@@H]4C[C@H](O)CC5=CC[C@H]6[C@@H]7C[C@@H]8O[C@]9(CC[C@@H](CO[C@@H]%10O[C@H](CO)[C@@H](O)[C@H](O)[C@H]%10O)CO9)[C@@H](C)[C@@H]8[C@@]7(C)CC[C@@H]6[C@]54C)O[C@H](CO)[C@H]3O)OC[C@@H](O)[C@@H]2O)[C@H](O)[C@H](O)[C@H]1O. The van der Waals surface area contributed by atoms with E-state index in [9.17, 15) is 66.4 Å². The molecule has 6 saturated heterocycles. The first-order valence-electron chi connectivity index (χ1n) is 26.5. The lowest BCUT2D eigenvalue weighted by atomic mass is 9.46. The van der Waals surface area contributed by atoms with E-state index < -0.39 is 160 Å². The average Bonchev–Trinajstić information content (AvgIpc) is 3.82. The van der Waals surface area contributed by atoms with E-state index in [1.165, 1.54) is 6.92 Å². The molecular formula is C50H80O23. The second-order valence-electron chi connectivity index (χ2n) is 23.5. The number of rotatable bonds is 11. The highest BCUT2D eigenvalue weighted by atomic mass is 16.8. The summed E-state index contributed by atoms with van der Waals surface area (Å²) in [6.45, 7) is 7.05. The van der Waals surface area contributed by atoms with Crippen LogP contribution < -0.4 is 0 Å². The average molecular weight is 1050 g/mol. The Hall–Kier alpha value is -1.18. The fraction of sp³-hybridized carbons (Fsp3) is 0.960. The van der Waals surface area contributed by atoms with Crippen LogP contribution in [0.25, 0.3) is 0 Å². The molecule has 3 saturated carbocycles. The summed E-state index contributed by atoms with van der Waals surface area (Å²) >= 11 is 0. The van der Waals surface area contributed by atoms with E-state index in [0.717, 1.165) is 37.7 Å². The van der Waals surface area contributed by atoms with Crippen LogP contribution in [-0.4, -0.2) is 240 Å². The molecule has 0 aromatic carbocycles. The summed E-state index contributed by atoms with van der Waals surface area (Å²) in [5, 5.41) is 139. The van der Waals surface area contributed by atoms with Crippen molar-refractivity contribution < 1.29 is 114 Å². The van der Waals surface area contributed by atoms with E-state index in [0.29, 0.717) is 19.4 Å². The van der Waals surface area contributed by atoms with Gasteiger partial charge in [-0.2, -0.15) is 0 Å². The summed E-state index contributed by atoms with van der Waals surface area (Å²) in [5.41, 5.74) is 0.348. The zero-order chi connectivity index (χ0) is 52.2. The van der Waals surface area contributed by atoms with Crippen molar-refractivity contribution in [2.75, 3.05) is 33.0 Å². The molecule has 23 nitrogen and oxygen atoms in total. The molecule has 13 N–H and O–H groups in total. The lowest BCUT2D eigenvalue weighted by Gasteiger charge is -2.60. The molecule has 6 heterocycles. The van der Waals surface area contributed by atoms with Gasteiger partial charge in [-0.15, -0.1) is 0 Å². The van der Waals surface area contributed by atoms with Crippen molar-refractivity contribution in [1.82, 2.24) is 0 Å². The van der Waals surface area contributed by atoms with Crippen molar-refractivity contribution in [3.63, 3.8) is 0 Å². The van der Waals surface area contributed by atoms with E-state index in [1.54, 1.807) is 0 Å². The van der Waals surface area contributed by atoms with Crippen molar-refractivity contribution in [3.05, 3.63) is 11.6 Å². The third-order valence-electron chi connectivity index (χ3n) is 19.6. The van der Waals surface area contributed by atoms with E-state index in [2.05, 4.69) is 26.8 Å². The smallest absolute Gasteiger partial charge is 0.187 e. The highest BCUT2D eigenvalue weighted by Crippen LogP contribution is 2.71. The van der Waals surface area contributed by atoms with Crippen LogP contribution in [0.4, 0.5) is 0 Å². The molecule has 10 aliphatic rings. The molecule has 10 rings (SSSR count). The summed E-state index contributed by atoms with van der Waals surface area (Å²) in [4.78, 5) is 0. The molecule has 0 aromatic heterocycles. The van der Waals surface area contributed by atoms with Crippen LogP contribution in [0, 0.1) is 46.3 Å². The largest absolute Gasteiger partial charge is 0.394 e. The van der Waals surface area contributed by atoms with Gasteiger partial charge in [0.2, 0.25) is 0 Å². The van der Waals surface area contributed by atoms with Crippen LogP contribution >= 0.6 is 0 Å². The van der Waals surface area contributed by atoms with Crippen LogP contribution in [0.3, 0.4) is 0 Å². The number of allylic oxidation sites excluding steroid dienone is 1. The van der Waals surface area contributed by atoms with Gasteiger partial charge in [0, 0.05) is 30.1 Å². The maximum absolute atomic E-state index is 12.0. The van der Waals surface area contributed by atoms with Crippen LogP contribution in [0.15, 0.2) is 11.6 Å². The third-order valence-corrected chi connectivity index (χ3v) is 19.6. The summed E-state index contributed by atoms with van der Waals surface area (Å²) in [6, 6.07) is 0. The minimum absolute atomic E-state index is 0.0422. The van der Waals surface area contributed by atoms with Crippen molar-refractivity contribution >= 4 is 0 Å². The predicted molar refractivity (Wildman–Crippen MR) is 244 cm³/mol. The summed E-state index contributed by atoms with van der Waals surface area (Å²) in [6.07, 6.45) is -22.5. The quantitative estimate of drug-likeness (QED) is 0.0898. The predicted octanol–water partition coefficient (Wildman–Crippen LogP) is -3.38. The number of hydrogen-bond donors (Lipinski definition) is 13. The molecule has 0 unspecified atom stereocenters. The van der Waals surface area contributed by atoms with E-state index in [4.69, 9.17) is 47.4 Å². The Morgan fingerprint density at radius 1 is 0.644 bits per heavy atom. The van der Waals surface area contributed by atoms with Gasteiger partial charge in [0.1, 0.15) is 85.5 Å². The molecular weight excluding hydrogens is 969 g/mol. The topological polar surface area (TPSA) is 355 Å². The van der Waals surface area contributed by atoms with E-state index >= 15 is 0 Å². The number of hydrogen-bond acceptors (Lipinski definition) is 23. The Morgan fingerprint density at radius 2 is 1.32 bits per heavy atom. The zero-order valence-corrected chi connectivity index (χ0v) is 41.8. The van der Waals surface area contributed by atoms with Crippen molar-refractivity contribution in [3.8, 4) is 0 Å². The first-order valence-corrected chi connectivity index (χ1v) is 26.5. The molecule has 6 aliphatic heterocycles. The fourth-order valence-corrected chi connectivity index (χ4v) is 15.3. The highest BCUT2D eigenvalue weighted by Gasteiger charge is 2.70. The van der Waals surface area contributed by atoms with Gasteiger partial charge >= 0.3 is 0 Å². The number of ether oxygens (including phenoxy) is 10. The molecule has 31 atom stereocenters. The molecule has 73 heavy (non-hydrogen) atoms. The number of aliphatic hydroxyl groups excluding tert-OH is 13. The van der Waals surface area contributed by atoms with Gasteiger partial charge in [0.25, 0.3) is 0 Å². The van der Waals surface area contributed by atoms with Crippen LogP contribution in [0.1, 0.15) is 79.1 Å². The third kappa shape index (κ3) is 9.41.